The standard InChI is InChI=1S/C28H30N8O2/c37-26(35-17-15-34(16-18-35)24-6-2-1-5-23(24)32-38)20-30-28-27(31-25-19-29-11-14-36(25)28)21-7-9-22(10-8-21)33-12-3-4-13-33/h1-2,5-11,14,19,30H,3-4,12-13,15-18,20H2/p+1. The van der Waals surface area contributed by atoms with Gasteiger partial charge in [0.15, 0.2) is 5.65 Å². The van der Waals surface area contributed by atoms with Gasteiger partial charge in [-0.1, -0.05) is 24.3 Å². The van der Waals surface area contributed by atoms with Crippen LogP contribution >= 0.6 is 0 Å². The van der Waals surface area contributed by atoms with Crippen LogP contribution in [0.2, 0.25) is 0 Å². The number of rotatable bonds is 7. The normalized spacial score (nSPS) is 15.7. The summed E-state index contributed by atoms with van der Waals surface area (Å²) in [4.78, 5) is 39.9. The highest BCUT2D eigenvalue weighted by atomic mass is 16.3. The average Bonchev–Trinajstić information content (AvgIpc) is 3.65. The largest absolute Gasteiger partial charge is 0.372 e. The number of carbonyl (C=O) groups excluding carboxylic acids is 1. The molecule has 0 saturated carbocycles. The van der Waals surface area contributed by atoms with Gasteiger partial charge in [-0.3, -0.25) is 14.2 Å². The molecule has 4 heterocycles. The fourth-order valence-electron chi connectivity index (χ4n) is 5.39. The molecule has 0 atom stereocenters. The van der Waals surface area contributed by atoms with E-state index in [1.165, 1.54) is 18.5 Å². The second kappa shape index (κ2) is 10.5. The van der Waals surface area contributed by atoms with Crippen LogP contribution in [0.25, 0.3) is 16.9 Å². The number of para-hydroxylation sites is 2. The predicted molar refractivity (Wildman–Crippen MR) is 148 cm³/mol. The Hall–Kier alpha value is -4.47. The highest BCUT2D eigenvalue weighted by Crippen LogP contribution is 2.31. The van der Waals surface area contributed by atoms with Crippen molar-refractivity contribution in [3.05, 3.63) is 72.0 Å². The number of hydrogen-bond acceptors (Lipinski definition) is 7. The highest BCUT2D eigenvalue weighted by molar-refractivity contribution is 5.84. The zero-order valence-corrected chi connectivity index (χ0v) is 21.2. The maximum Gasteiger partial charge on any atom is 0.276 e. The molecule has 2 fully saturated rings. The number of nitroso groups, excluding NO2 is 1. The number of nitrogens with zero attached hydrogens (tertiary/aromatic N) is 6. The van der Waals surface area contributed by atoms with Crippen LogP contribution in [0.3, 0.4) is 0 Å². The highest BCUT2D eigenvalue weighted by Gasteiger charge is 2.25. The molecule has 6 rings (SSSR count). The van der Waals surface area contributed by atoms with Gasteiger partial charge in [0.1, 0.15) is 17.2 Å². The third kappa shape index (κ3) is 4.65. The smallest absolute Gasteiger partial charge is 0.276 e. The Balaban J connectivity index is 1.15. The number of fused-ring (bicyclic) bond motifs is 1. The molecule has 0 radical (unpaired) electrons. The lowest BCUT2D eigenvalue weighted by molar-refractivity contribution is -0.378. The van der Waals surface area contributed by atoms with Crippen LogP contribution in [0.4, 0.5) is 22.9 Å². The van der Waals surface area contributed by atoms with Crippen LogP contribution < -0.4 is 20.3 Å². The number of nitrogens with one attached hydrogen (secondary N) is 2. The van der Waals surface area contributed by atoms with Gasteiger partial charge in [-0.25, -0.2) is 4.98 Å². The maximum atomic E-state index is 13.2. The van der Waals surface area contributed by atoms with E-state index in [0.29, 0.717) is 31.9 Å². The predicted octanol–water partition coefficient (Wildman–Crippen LogP) is 2.24. The SMILES string of the molecule is O=[NH+]c1ccccc1N1CCN(C(=O)CNc2c(-c3ccc(N4CCCC4)cc3)nc3cnccn23)CC1. The summed E-state index contributed by atoms with van der Waals surface area (Å²) in [7, 11) is 0. The monoisotopic (exact) mass is 511 g/mol. The number of hydrogen-bond donors (Lipinski definition) is 2. The van der Waals surface area contributed by atoms with Gasteiger partial charge in [0.2, 0.25) is 5.91 Å². The average molecular weight is 512 g/mol. The van der Waals surface area contributed by atoms with Crippen molar-refractivity contribution < 1.29 is 9.97 Å². The Bertz CT molecular complexity index is 1440. The molecule has 0 aliphatic carbocycles. The Labute approximate surface area is 220 Å². The van der Waals surface area contributed by atoms with E-state index in [1.807, 2.05) is 38.9 Å². The van der Waals surface area contributed by atoms with Crippen molar-refractivity contribution in [1.82, 2.24) is 19.3 Å². The molecular weight excluding hydrogens is 480 g/mol. The van der Waals surface area contributed by atoms with Gasteiger partial charge in [-0.15, -0.1) is 0 Å². The van der Waals surface area contributed by atoms with E-state index < -0.39 is 0 Å². The first-order valence-corrected chi connectivity index (χ1v) is 13.1. The number of carbonyl (C=O) groups is 1. The lowest BCUT2D eigenvalue weighted by Crippen LogP contribution is -2.57. The minimum atomic E-state index is 0.0271. The van der Waals surface area contributed by atoms with Gasteiger partial charge >= 0.3 is 0 Å². The summed E-state index contributed by atoms with van der Waals surface area (Å²) in [6, 6.07) is 16.0. The first-order chi connectivity index (χ1) is 18.7. The van der Waals surface area contributed by atoms with Gasteiger partial charge in [0, 0.05) is 79.1 Å². The van der Waals surface area contributed by atoms with Crippen molar-refractivity contribution in [2.45, 2.75) is 12.8 Å². The molecule has 0 bridgehead atoms. The van der Waals surface area contributed by atoms with E-state index in [9.17, 15) is 9.70 Å². The van der Waals surface area contributed by atoms with Crippen molar-refractivity contribution in [2.24, 2.45) is 0 Å². The first kappa shape index (κ1) is 23.9. The summed E-state index contributed by atoms with van der Waals surface area (Å²) < 4.78 is 1.94. The first-order valence-electron chi connectivity index (χ1n) is 13.1. The van der Waals surface area contributed by atoms with Crippen molar-refractivity contribution >= 4 is 34.4 Å². The summed E-state index contributed by atoms with van der Waals surface area (Å²) in [6.45, 7) is 4.88. The minimum absolute atomic E-state index is 0.0271. The quantitative estimate of drug-likeness (QED) is 0.393. The minimum Gasteiger partial charge on any atom is -0.372 e. The van der Waals surface area contributed by atoms with E-state index >= 15 is 0 Å². The molecule has 194 valence electrons. The van der Waals surface area contributed by atoms with E-state index in [2.05, 4.69) is 44.4 Å². The fourth-order valence-corrected chi connectivity index (χ4v) is 5.39. The number of aromatic nitrogens is 3. The Morgan fingerprint density at radius 3 is 2.45 bits per heavy atom. The number of amides is 1. The lowest BCUT2D eigenvalue weighted by atomic mass is 10.1. The number of benzene rings is 2. The van der Waals surface area contributed by atoms with Gasteiger partial charge < -0.3 is 20.0 Å². The molecule has 10 heteroatoms. The number of imidazole rings is 1. The van der Waals surface area contributed by atoms with E-state index in [0.717, 1.165) is 41.5 Å². The van der Waals surface area contributed by atoms with Crippen LogP contribution in [0.1, 0.15) is 12.8 Å². The summed E-state index contributed by atoms with van der Waals surface area (Å²) in [6.07, 6.45) is 7.78. The van der Waals surface area contributed by atoms with Gasteiger partial charge in [-0.05, 0) is 31.0 Å². The van der Waals surface area contributed by atoms with E-state index in [-0.39, 0.29) is 12.5 Å². The van der Waals surface area contributed by atoms with Crippen LogP contribution in [-0.4, -0.2) is 71.0 Å². The van der Waals surface area contributed by atoms with Gasteiger partial charge in [0.25, 0.3) is 5.69 Å². The van der Waals surface area contributed by atoms with E-state index in [4.69, 9.17) is 4.98 Å². The molecule has 0 spiro atoms. The third-order valence-corrected chi connectivity index (χ3v) is 7.44. The topological polar surface area (TPSA) is 100 Å². The van der Waals surface area contributed by atoms with Crippen LogP contribution in [0.5, 0.6) is 0 Å². The molecule has 10 nitrogen and oxygen atoms in total. The molecule has 2 N–H and O–H groups in total. The second-order valence-corrected chi connectivity index (χ2v) is 9.70. The maximum absolute atomic E-state index is 13.2. The molecule has 2 aliphatic rings. The fraction of sp³-hybridized carbons (Fsp3) is 0.321. The van der Waals surface area contributed by atoms with Crippen molar-refractivity contribution in [3.8, 4) is 11.3 Å². The zero-order chi connectivity index (χ0) is 25.9. The molecular formula is C28H31N8O2+. The molecule has 2 aromatic heterocycles. The Morgan fingerprint density at radius 2 is 1.68 bits per heavy atom. The van der Waals surface area contributed by atoms with Crippen molar-refractivity contribution in [1.29, 1.82) is 0 Å². The van der Waals surface area contributed by atoms with Gasteiger partial charge in [0.05, 0.1) is 12.7 Å². The zero-order valence-electron chi connectivity index (χ0n) is 21.2. The van der Waals surface area contributed by atoms with E-state index in [1.54, 1.807) is 18.5 Å². The van der Waals surface area contributed by atoms with Crippen LogP contribution in [0, 0.1) is 4.91 Å². The summed E-state index contributed by atoms with van der Waals surface area (Å²) in [5.74, 6) is 0.804. The summed E-state index contributed by atoms with van der Waals surface area (Å²) in [5.41, 5.74) is 5.16. The van der Waals surface area contributed by atoms with Crippen LogP contribution in [-0.2, 0) is 4.79 Å². The summed E-state index contributed by atoms with van der Waals surface area (Å²) in [5, 5.41) is 5.38. The lowest BCUT2D eigenvalue weighted by Gasteiger charge is -2.35. The van der Waals surface area contributed by atoms with Gasteiger partial charge in [-0.2, -0.15) is 0 Å². The molecule has 38 heavy (non-hydrogen) atoms. The molecule has 0 unspecified atom stereocenters. The Morgan fingerprint density at radius 1 is 0.921 bits per heavy atom. The molecule has 2 aliphatic heterocycles. The van der Waals surface area contributed by atoms with Crippen LogP contribution in [0.15, 0.2) is 67.1 Å². The number of anilines is 3. The molecule has 2 saturated heterocycles. The van der Waals surface area contributed by atoms with Crippen molar-refractivity contribution in [3.63, 3.8) is 0 Å². The molecule has 2 aromatic carbocycles. The van der Waals surface area contributed by atoms with Crippen molar-refractivity contribution in [2.75, 3.05) is 60.9 Å². The summed E-state index contributed by atoms with van der Waals surface area (Å²) >= 11 is 0. The molecule has 4 aromatic rings. The molecule has 1 amide bonds. The number of piperazine rings is 1. The third-order valence-electron chi connectivity index (χ3n) is 7.44. The second-order valence-electron chi connectivity index (χ2n) is 9.70. The Kier molecular flexibility index (Phi) is 6.60.